The zero-order chi connectivity index (χ0) is 27.0. The van der Waals surface area contributed by atoms with Crippen LogP contribution >= 0.6 is 0 Å². The van der Waals surface area contributed by atoms with Gasteiger partial charge in [0.25, 0.3) is 0 Å². The number of likely N-dealkylation sites (tertiary alicyclic amines) is 1. The number of amides is 1. The molecule has 6 nitrogen and oxygen atoms in total. The molecule has 3 aliphatic rings. The monoisotopic (exact) mass is 524 g/mol. The first kappa shape index (κ1) is 26.4. The molecule has 1 N–H and O–H groups in total. The maximum absolute atomic E-state index is 16.2. The van der Waals surface area contributed by atoms with E-state index in [1.807, 2.05) is 13.8 Å². The predicted octanol–water partition coefficient (Wildman–Crippen LogP) is 5.50. The van der Waals surface area contributed by atoms with Gasteiger partial charge in [0.05, 0.1) is 6.10 Å². The van der Waals surface area contributed by atoms with E-state index in [2.05, 4.69) is 11.0 Å². The molecule has 2 heterocycles. The van der Waals surface area contributed by atoms with Crippen molar-refractivity contribution in [3.8, 4) is 16.9 Å². The van der Waals surface area contributed by atoms with Gasteiger partial charge in [-0.2, -0.15) is 0 Å². The summed E-state index contributed by atoms with van der Waals surface area (Å²) >= 11 is 0. The number of carboxylic acid groups (broad SMARTS) is 1. The van der Waals surface area contributed by atoms with Crippen molar-refractivity contribution in [2.45, 2.75) is 70.6 Å². The molecule has 0 unspecified atom stereocenters. The lowest BCUT2D eigenvalue weighted by Gasteiger charge is -2.39. The van der Waals surface area contributed by atoms with E-state index in [9.17, 15) is 19.1 Å². The fourth-order valence-electron chi connectivity index (χ4n) is 5.63. The van der Waals surface area contributed by atoms with Crippen molar-refractivity contribution >= 4 is 11.9 Å². The molecule has 1 saturated heterocycles. The van der Waals surface area contributed by atoms with Crippen LogP contribution in [0.4, 0.5) is 8.78 Å². The van der Waals surface area contributed by atoms with E-state index < -0.39 is 5.97 Å². The molecule has 2 aromatic rings. The third-order valence-electron chi connectivity index (χ3n) is 7.70. The van der Waals surface area contributed by atoms with E-state index in [4.69, 9.17) is 4.74 Å². The SMILES string of the molecule is CC(C)Oc1c(CN2CCC(N3CCC(C(=O)O)=CC3=O)CC2)cc(C2CC2)c(-c2ccc(F)cc2)c1F. The number of carboxylic acids is 1. The van der Waals surface area contributed by atoms with Gasteiger partial charge in [-0.15, -0.1) is 0 Å². The fraction of sp³-hybridized carbons (Fsp3) is 0.467. The molecular formula is C30H34F2N2O4. The molecule has 0 radical (unpaired) electrons. The Labute approximate surface area is 221 Å². The number of aliphatic carboxylic acids is 1. The summed E-state index contributed by atoms with van der Waals surface area (Å²) in [5.41, 5.74) is 3.08. The third kappa shape index (κ3) is 5.60. The Kier molecular flexibility index (Phi) is 7.52. The molecular weight excluding hydrogens is 490 g/mol. The van der Waals surface area contributed by atoms with Crippen LogP contribution in [0.15, 0.2) is 42.0 Å². The summed E-state index contributed by atoms with van der Waals surface area (Å²) in [6, 6.07) is 8.11. The van der Waals surface area contributed by atoms with Crippen molar-refractivity contribution < 1.29 is 28.2 Å². The van der Waals surface area contributed by atoms with Gasteiger partial charge in [-0.05, 0) is 81.2 Å². The predicted molar refractivity (Wildman–Crippen MR) is 140 cm³/mol. The standard InChI is InChI=1S/C30H34F2N2O4/c1-18(2)38-29-22(15-25(19-3-4-19)27(28(29)32)20-5-7-23(31)8-6-20)17-33-12-10-24(11-13-33)34-14-9-21(30(36)37)16-26(34)35/h5-8,15-16,18-19,24H,3-4,9-14,17H2,1-2H3,(H,36,37). The van der Waals surface area contributed by atoms with Crippen molar-refractivity contribution in [3.05, 3.63) is 64.7 Å². The van der Waals surface area contributed by atoms with Crippen molar-refractivity contribution in [2.24, 2.45) is 0 Å². The first-order valence-corrected chi connectivity index (χ1v) is 13.5. The number of halogens is 2. The van der Waals surface area contributed by atoms with Crippen LogP contribution in [0.5, 0.6) is 5.75 Å². The van der Waals surface area contributed by atoms with E-state index in [0.717, 1.165) is 49.9 Å². The van der Waals surface area contributed by atoms with Gasteiger partial charge in [0.2, 0.25) is 5.91 Å². The molecule has 0 spiro atoms. The lowest BCUT2D eigenvalue weighted by molar-refractivity contribution is -0.136. The fourth-order valence-corrected chi connectivity index (χ4v) is 5.63. The van der Waals surface area contributed by atoms with Crippen molar-refractivity contribution in [3.63, 3.8) is 0 Å². The molecule has 8 heteroatoms. The Bertz CT molecular complexity index is 1250. The number of hydrogen-bond donors (Lipinski definition) is 1. The molecule has 2 aliphatic heterocycles. The highest BCUT2D eigenvalue weighted by Crippen LogP contribution is 2.48. The van der Waals surface area contributed by atoms with Gasteiger partial charge in [-0.1, -0.05) is 12.1 Å². The maximum atomic E-state index is 16.2. The second-order valence-electron chi connectivity index (χ2n) is 10.9. The van der Waals surface area contributed by atoms with Crippen molar-refractivity contribution in [2.75, 3.05) is 19.6 Å². The normalized spacial score (nSPS) is 19.1. The molecule has 1 amide bonds. The average Bonchev–Trinajstić information content (AvgIpc) is 3.73. The van der Waals surface area contributed by atoms with Gasteiger partial charge >= 0.3 is 5.97 Å². The summed E-state index contributed by atoms with van der Waals surface area (Å²) in [4.78, 5) is 27.8. The minimum Gasteiger partial charge on any atom is -0.488 e. The van der Waals surface area contributed by atoms with Gasteiger partial charge < -0.3 is 14.7 Å². The average molecular weight is 525 g/mol. The number of benzene rings is 2. The molecule has 2 fully saturated rings. The number of rotatable bonds is 8. The Morgan fingerprint density at radius 3 is 2.34 bits per heavy atom. The van der Waals surface area contributed by atoms with E-state index >= 15 is 4.39 Å². The molecule has 5 rings (SSSR count). The number of hydrogen-bond acceptors (Lipinski definition) is 4. The van der Waals surface area contributed by atoms with Crippen molar-refractivity contribution in [1.82, 2.24) is 9.80 Å². The van der Waals surface area contributed by atoms with Crippen LogP contribution in [0, 0.1) is 11.6 Å². The molecule has 38 heavy (non-hydrogen) atoms. The van der Waals surface area contributed by atoms with Gasteiger partial charge in [0.1, 0.15) is 5.82 Å². The number of nitrogens with zero attached hydrogens (tertiary/aromatic N) is 2. The quantitative estimate of drug-likeness (QED) is 0.494. The minimum atomic E-state index is -1.03. The number of carbonyl (C=O) groups is 2. The molecule has 0 atom stereocenters. The molecule has 1 aliphatic carbocycles. The van der Waals surface area contributed by atoms with E-state index in [1.54, 1.807) is 17.0 Å². The number of carbonyl (C=O) groups excluding carboxylic acids is 1. The summed E-state index contributed by atoms with van der Waals surface area (Å²) in [6.45, 7) is 6.19. The highest BCUT2D eigenvalue weighted by molar-refractivity contribution is 5.99. The van der Waals surface area contributed by atoms with Crippen LogP contribution in [-0.4, -0.2) is 58.6 Å². The topological polar surface area (TPSA) is 70.1 Å². The molecule has 2 aromatic carbocycles. The summed E-state index contributed by atoms with van der Waals surface area (Å²) in [7, 11) is 0. The second kappa shape index (κ2) is 10.8. The van der Waals surface area contributed by atoms with Crippen LogP contribution in [-0.2, 0) is 16.1 Å². The Hall–Kier alpha value is -3.26. The maximum Gasteiger partial charge on any atom is 0.331 e. The van der Waals surface area contributed by atoms with Crippen LogP contribution in [0.3, 0.4) is 0 Å². The smallest absolute Gasteiger partial charge is 0.331 e. The largest absolute Gasteiger partial charge is 0.488 e. The van der Waals surface area contributed by atoms with Gasteiger partial charge in [-0.25, -0.2) is 13.6 Å². The van der Waals surface area contributed by atoms with Gasteiger partial charge in [0, 0.05) is 55.0 Å². The summed E-state index contributed by atoms with van der Waals surface area (Å²) < 4.78 is 35.8. The zero-order valence-corrected chi connectivity index (χ0v) is 21.9. The Morgan fingerprint density at radius 2 is 1.76 bits per heavy atom. The lowest BCUT2D eigenvalue weighted by atomic mass is 9.92. The molecule has 202 valence electrons. The molecule has 1 saturated carbocycles. The minimum absolute atomic E-state index is 0.0661. The summed E-state index contributed by atoms with van der Waals surface area (Å²) in [5.74, 6) is -1.47. The van der Waals surface area contributed by atoms with Crippen LogP contribution < -0.4 is 4.74 Å². The third-order valence-corrected chi connectivity index (χ3v) is 7.70. The first-order chi connectivity index (χ1) is 18.2. The van der Waals surface area contributed by atoms with Crippen LogP contribution in [0.25, 0.3) is 11.1 Å². The van der Waals surface area contributed by atoms with E-state index in [1.165, 1.54) is 18.2 Å². The summed E-state index contributed by atoms with van der Waals surface area (Å²) in [5, 5.41) is 9.18. The Balaban J connectivity index is 1.36. The van der Waals surface area contributed by atoms with Gasteiger partial charge in [-0.3, -0.25) is 9.69 Å². The zero-order valence-electron chi connectivity index (χ0n) is 21.9. The van der Waals surface area contributed by atoms with Crippen molar-refractivity contribution in [1.29, 1.82) is 0 Å². The van der Waals surface area contributed by atoms with Crippen LogP contribution in [0.1, 0.15) is 63.0 Å². The van der Waals surface area contributed by atoms with E-state index in [0.29, 0.717) is 30.6 Å². The highest BCUT2D eigenvalue weighted by atomic mass is 19.1. The molecule has 0 aromatic heterocycles. The Morgan fingerprint density at radius 1 is 1.08 bits per heavy atom. The van der Waals surface area contributed by atoms with E-state index in [-0.39, 0.29) is 46.9 Å². The highest BCUT2D eigenvalue weighted by Gasteiger charge is 2.34. The second-order valence-corrected chi connectivity index (χ2v) is 10.9. The first-order valence-electron chi connectivity index (χ1n) is 13.5. The number of piperidine rings is 1. The van der Waals surface area contributed by atoms with Crippen LogP contribution in [0.2, 0.25) is 0 Å². The summed E-state index contributed by atoms with van der Waals surface area (Å²) in [6.07, 6.45) is 4.95. The lowest BCUT2D eigenvalue weighted by Crippen LogP contribution is -2.48. The van der Waals surface area contributed by atoms with Gasteiger partial charge in [0.15, 0.2) is 11.6 Å². The molecule has 0 bridgehead atoms. The number of ether oxygens (including phenoxy) is 1.